The maximum absolute atomic E-state index is 12.9. The summed E-state index contributed by atoms with van der Waals surface area (Å²) in [6, 6.07) is 6.48. The Bertz CT molecular complexity index is 405. The number of ether oxygens (including phenoxy) is 1. The zero-order valence-corrected chi connectivity index (χ0v) is 10.6. The van der Waals surface area contributed by atoms with E-state index in [1.165, 1.54) is 19.2 Å². The number of carbonyl (C=O) groups is 1. The number of methoxy groups -OCH3 is 1. The first-order valence-corrected chi connectivity index (χ1v) is 6.26. The Morgan fingerprint density at radius 2 is 2.11 bits per heavy atom. The van der Waals surface area contributed by atoms with Crippen molar-refractivity contribution in [1.29, 1.82) is 0 Å². The standard InChI is InChI=1S/C14H18FNO2/c1-18-10-14(17)16-9-3-2-4-13(16)11-5-7-12(15)8-6-11/h5-8,13H,2-4,9-10H2,1H3. The lowest BCUT2D eigenvalue weighted by Gasteiger charge is -2.36. The van der Waals surface area contributed by atoms with Gasteiger partial charge < -0.3 is 9.64 Å². The van der Waals surface area contributed by atoms with Crippen LogP contribution in [0.4, 0.5) is 4.39 Å². The van der Waals surface area contributed by atoms with E-state index in [0.29, 0.717) is 0 Å². The molecule has 1 atom stereocenters. The van der Waals surface area contributed by atoms with E-state index in [9.17, 15) is 9.18 Å². The maximum atomic E-state index is 12.9. The summed E-state index contributed by atoms with van der Waals surface area (Å²) in [6.07, 6.45) is 3.05. The first-order chi connectivity index (χ1) is 8.72. The maximum Gasteiger partial charge on any atom is 0.249 e. The van der Waals surface area contributed by atoms with Crippen LogP contribution in [-0.4, -0.2) is 31.1 Å². The number of likely N-dealkylation sites (tertiary alicyclic amines) is 1. The third-order valence-electron chi connectivity index (χ3n) is 3.35. The number of amides is 1. The van der Waals surface area contributed by atoms with Crippen LogP contribution in [-0.2, 0) is 9.53 Å². The molecule has 1 saturated heterocycles. The molecule has 0 bridgehead atoms. The first kappa shape index (κ1) is 13.0. The molecule has 4 heteroatoms. The number of benzene rings is 1. The Hall–Kier alpha value is -1.42. The van der Waals surface area contributed by atoms with Gasteiger partial charge in [0.15, 0.2) is 0 Å². The summed E-state index contributed by atoms with van der Waals surface area (Å²) < 4.78 is 17.8. The second-order valence-corrected chi connectivity index (χ2v) is 4.58. The van der Waals surface area contributed by atoms with Gasteiger partial charge in [-0.25, -0.2) is 4.39 Å². The van der Waals surface area contributed by atoms with Gasteiger partial charge in [-0.2, -0.15) is 0 Å². The summed E-state index contributed by atoms with van der Waals surface area (Å²) in [5, 5.41) is 0. The highest BCUT2D eigenvalue weighted by molar-refractivity contribution is 5.78. The van der Waals surface area contributed by atoms with Gasteiger partial charge in [0.25, 0.3) is 0 Å². The quantitative estimate of drug-likeness (QED) is 0.826. The van der Waals surface area contributed by atoms with Crippen LogP contribution in [0.2, 0.25) is 0 Å². The van der Waals surface area contributed by atoms with Gasteiger partial charge in [0.1, 0.15) is 12.4 Å². The van der Waals surface area contributed by atoms with Crippen molar-refractivity contribution in [2.75, 3.05) is 20.3 Å². The molecule has 0 N–H and O–H groups in total. The van der Waals surface area contributed by atoms with E-state index in [-0.39, 0.29) is 24.4 Å². The van der Waals surface area contributed by atoms with Crippen LogP contribution < -0.4 is 0 Å². The average molecular weight is 251 g/mol. The fourth-order valence-corrected chi connectivity index (χ4v) is 2.47. The molecule has 1 aliphatic rings. The molecule has 1 heterocycles. The zero-order chi connectivity index (χ0) is 13.0. The second kappa shape index (κ2) is 5.96. The third-order valence-corrected chi connectivity index (χ3v) is 3.35. The van der Waals surface area contributed by atoms with Crippen molar-refractivity contribution < 1.29 is 13.9 Å². The fraction of sp³-hybridized carbons (Fsp3) is 0.500. The molecule has 3 nitrogen and oxygen atoms in total. The summed E-state index contributed by atoms with van der Waals surface area (Å²) in [6.45, 7) is 0.863. The Morgan fingerprint density at radius 3 is 2.78 bits per heavy atom. The van der Waals surface area contributed by atoms with E-state index in [1.807, 2.05) is 4.90 Å². The van der Waals surface area contributed by atoms with Crippen molar-refractivity contribution in [3.63, 3.8) is 0 Å². The predicted molar refractivity (Wildman–Crippen MR) is 66.6 cm³/mol. The molecule has 1 aliphatic heterocycles. The van der Waals surface area contributed by atoms with E-state index >= 15 is 0 Å². The molecule has 1 aromatic carbocycles. The minimum absolute atomic E-state index is 0.00604. The first-order valence-electron chi connectivity index (χ1n) is 6.26. The van der Waals surface area contributed by atoms with Crippen LogP contribution in [0.25, 0.3) is 0 Å². The smallest absolute Gasteiger partial charge is 0.249 e. The number of hydrogen-bond donors (Lipinski definition) is 0. The van der Waals surface area contributed by atoms with Gasteiger partial charge in [0.05, 0.1) is 6.04 Å². The largest absolute Gasteiger partial charge is 0.375 e. The van der Waals surface area contributed by atoms with Gasteiger partial charge >= 0.3 is 0 Å². The predicted octanol–water partition coefficient (Wildman–Crippen LogP) is 2.53. The Morgan fingerprint density at radius 1 is 1.39 bits per heavy atom. The van der Waals surface area contributed by atoms with Crippen molar-refractivity contribution in [1.82, 2.24) is 4.90 Å². The van der Waals surface area contributed by atoms with E-state index in [4.69, 9.17) is 4.74 Å². The van der Waals surface area contributed by atoms with E-state index in [1.54, 1.807) is 12.1 Å². The third kappa shape index (κ3) is 2.88. The van der Waals surface area contributed by atoms with Gasteiger partial charge in [-0.3, -0.25) is 4.79 Å². The number of hydrogen-bond acceptors (Lipinski definition) is 2. The van der Waals surface area contributed by atoms with Gasteiger partial charge in [0.2, 0.25) is 5.91 Å². The van der Waals surface area contributed by atoms with Gasteiger partial charge in [-0.15, -0.1) is 0 Å². The Kier molecular flexibility index (Phi) is 4.31. The Balaban J connectivity index is 2.17. The molecule has 1 fully saturated rings. The number of rotatable bonds is 3. The lowest BCUT2D eigenvalue weighted by atomic mass is 9.95. The summed E-state index contributed by atoms with van der Waals surface area (Å²) in [5.41, 5.74) is 1.00. The zero-order valence-electron chi connectivity index (χ0n) is 10.6. The van der Waals surface area contributed by atoms with Gasteiger partial charge in [-0.1, -0.05) is 12.1 Å². The van der Waals surface area contributed by atoms with E-state index < -0.39 is 0 Å². The van der Waals surface area contributed by atoms with Gasteiger partial charge in [-0.05, 0) is 37.0 Å². The fourth-order valence-electron chi connectivity index (χ4n) is 2.47. The number of nitrogens with zero attached hydrogens (tertiary/aromatic N) is 1. The topological polar surface area (TPSA) is 29.5 Å². The van der Waals surface area contributed by atoms with Crippen LogP contribution in [0.15, 0.2) is 24.3 Å². The highest BCUT2D eigenvalue weighted by Crippen LogP contribution is 2.30. The lowest BCUT2D eigenvalue weighted by molar-refractivity contribution is -0.139. The van der Waals surface area contributed by atoms with Crippen molar-refractivity contribution >= 4 is 5.91 Å². The van der Waals surface area contributed by atoms with Crippen molar-refractivity contribution in [2.45, 2.75) is 25.3 Å². The summed E-state index contributed by atoms with van der Waals surface area (Å²) >= 11 is 0. The lowest BCUT2D eigenvalue weighted by Crippen LogP contribution is -2.40. The summed E-state index contributed by atoms with van der Waals surface area (Å²) in [4.78, 5) is 13.8. The molecule has 0 saturated carbocycles. The molecule has 0 aromatic heterocycles. The Labute approximate surface area is 107 Å². The molecule has 1 aromatic rings. The van der Waals surface area contributed by atoms with Crippen molar-refractivity contribution in [3.8, 4) is 0 Å². The van der Waals surface area contributed by atoms with E-state index in [2.05, 4.69) is 0 Å². The molecule has 1 unspecified atom stereocenters. The normalized spacial score (nSPS) is 19.9. The minimum Gasteiger partial charge on any atom is -0.375 e. The van der Waals surface area contributed by atoms with E-state index in [0.717, 1.165) is 31.4 Å². The molecule has 0 radical (unpaired) electrons. The molecular formula is C14H18FNO2. The molecule has 0 aliphatic carbocycles. The van der Waals surface area contributed by atoms with Crippen LogP contribution >= 0.6 is 0 Å². The van der Waals surface area contributed by atoms with Gasteiger partial charge in [0, 0.05) is 13.7 Å². The second-order valence-electron chi connectivity index (χ2n) is 4.58. The highest BCUT2D eigenvalue weighted by atomic mass is 19.1. The summed E-state index contributed by atoms with van der Waals surface area (Å²) in [5.74, 6) is -0.240. The minimum atomic E-state index is -0.246. The van der Waals surface area contributed by atoms with Crippen LogP contribution in [0, 0.1) is 5.82 Å². The number of piperidine rings is 1. The number of carbonyl (C=O) groups excluding carboxylic acids is 1. The average Bonchev–Trinajstić information content (AvgIpc) is 2.40. The molecule has 18 heavy (non-hydrogen) atoms. The molecule has 0 spiro atoms. The monoisotopic (exact) mass is 251 g/mol. The molecule has 98 valence electrons. The van der Waals surface area contributed by atoms with Crippen molar-refractivity contribution in [3.05, 3.63) is 35.6 Å². The van der Waals surface area contributed by atoms with Crippen LogP contribution in [0.5, 0.6) is 0 Å². The SMILES string of the molecule is COCC(=O)N1CCCCC1c1ccc(F)cc1. The molecule has 1 amide bonds. The summed E-state index contributed by atoms with van der Waals surface area (Å²) in [7, 11) is 1.52. The van der Waals surface area contributed by atoms with Crippen LogP contribution in [0.3, 0.4) is 0 Å². The molecular weight excluding hydrogens is 233 g/mol. The van der Waals surface area contributed by atoms with Crippen LogP contribution in [0.1, 0.15) is 30.9 Å². The molecule has 2 rings (SSSR count). The highest BCUT2D eigenvalue weighted by Gasteiger charge is 2.27. The number of halogens is 1. The van der Waals surface area contributed by atoms with Crippen molar-refractivity contribution in [2.24, 2.45) is 0 Å².